The molecule has 0 saturated heterocycles. The number of nitrogens with two attached hydrogens (primary N) is 1. The monoisotopic (exact) mass is 397 g/mol. The van der Waals surface area contributed by atoms with Gasteiger partial charge in [-0.05, 0) is 40.5 Å². The van der Waals surface area contributed by atoms with Crippen molar-refractivity contribution in [1.82, 2.24) is 0 Å². The number of benzene rings is 2. The highest BCUT2D eigenvalue weighted by Gasteiger charge is 2.23. The van der Waals surface area contributed by atoms with Crippen LogP contribution in [-0.4, -0.2) is 6.04 Å². The summed E-state index contributed by atoms with van der Waals surface area (Å²) in [6.45, 7) is 2.07. The summed E-state index contributed by atoms with van der Waals surface area (Å²) in [6.07, 6.45) is 0.658. The Balaban J connectivity index is 2.35. The molecule has 0 aliphatic heterocycles. The summed E-state index contributed by atoms with van der Waals surface area (Å²) in [6, 6.07) is 15.8. The molecule has 20 heavy (non-hydrogen) atoms. The van der Waals surface area contributed by atoms with Crippen LogP contribution in [0.4, 0.5) is 0 Å². The first kappa shape index (κ1) is 15.5. The van der Waals surface area contributed by atoms with Crippen LogP contribution in [0, 0.1) is 0 Å². The van der Waals surface area contributed by atoms with E-state index < -0.39 is 0 Å². The minimum atomic E-state index is -0.186. The molecule has 0 bridgehead atoms. The average molecular weight is 399 g/mol. The molecule has 0 amide bonds. The zero-order chi connectivity index (χ0) is 14.5. The van der Waals surface area contributed by atoms with Crippen LogP contribution < -0.4 is 10.5 Å². The van der Waals surface area contributed by atoms with E-state index in [0.29, 0.717) is 0 Å². The minimum Gasteiger partial charge on any atom is -0.483 e. The molecule has 106 valence electrons. The second-order valence-electron chi connectivity index (χ2n) is 4.56. The maximum Gasteiger partial charge on any atom is 0.140 e. The zero-order valence-corrected chi connectivity index (χ0v) is 14.4. The second-order valence-corrected chi connectivity index (χ2v) is 6.27. The first-order valence-corrected chi connectivity index (χ1v) is 8.13. The number of ether oxygens (including phenoxy) is 1. The van der Waals surface area contributed by atoms with Crippen LogP contribution in [0.1, 0.15) is 25.0 Å². The third kappa shape index (κ3) is 3.62. The van der Waals surface area contributed by atoms with Gasteiger partial charge < -0.3 is 10.5 Å². The molecule has 2 atom stereocenters. The van der Waals surface area contributed by atoms with Crippen LogP contribution >= 0.6 is 31.9 Å². The lowest BCUT2D eigenvalue weighted by Gasteiger charge is -2.26. The van der Waals surface area contributed by atoms with Crippen LogP contribution in [0.2, 0.25) is 0 Å². The van der Waals surface area contributed by atoms with Crippen LogP contribution in [0.25, 0.3) is 0 Å². The van der Waals surface area contributed by atoms with Crippen LogP contribution in [-0.2, 0) is 0 Å². The summed E-state index contributed by atoms with van der Waals surface area (Å²) in [5.74, 6) is 0.803. The smallest absolute Gasteiger partial charge is 0.140 e. The number of halogens is 2. The first-order valence-electron chi connectivity index (χ1n) is 6.54. The van der Waals surface area contributed by atoms with Gasteiger partial charge in [0, 0.05) is 16.1 Å². The van der Waals surface area contributed by atoms with Crippen molar-refractivity contribution in [3.63, 3.8) is 0 Å². The Morgan fingerprint density at radius 1 is 1.00 bits per heavy atom. The van der Waals surface area contributed by atoms with Crippen LogP contribution in [0.15, 0.2) is 57.5 Å². The number of rotatable bonds is 5. The fourth-order valence-electron chi connectivity index (χ4n) is 1.98. The molecule has 0 aliphatic rings. The van der Waals surface area contributed by atoms with E-state index in [1.165, 1.54) is 0 Å². The highest BCUT2D eigenvalue weighted by Crippen LogP contribution is 2.33. The topological polar surface area (TPSA) is 35.2 Å². The van der Waals surface area contributed by atoms with Crippen molar-refractivity contribution in [3.8, 4) is 5.75 Å². The third-order valence-corrected chi connectivity index (χ3v) is 4.54. The summed E-state index contributed by atoms with van der Waals surface area (Å²) >= 11 is 7.09. The maximum atomic E-state index is 6.25. The van der Waals surface area contributed by atoms with E-state index in [1.54, 1.807) is 0 Å². The highest BCUT2D eigenvalue weighted by atomic mass is 79.9. The van der Waals surface area contributed by atoms with Gasteiger partial charge in [-0.3, -0.25) is 0 Å². The van der Waals surface area contributed by atoms with Crippen molar-refractivity contribution in [2.45, 2.75) is 25.5 Å². The lowest BCUT2D eigenvalue weighted by atomic mass is 10.0. The molecule has 0 fully saturated rings. The van der Waals surface area contributed by atoms with Gasteiger partial charge in [-0.1, -0.05) is 53.2 Å². The molecule has 2 aromatic rings. The summed E-state index contributed by atoms with van der Waals surface area (Å²) < 4.78 is 8.11. The second kappa shape index (κ2) is 7.25. The standard InChI is InChI=1S/C16H17Br2NO/c1-2-14(19)16(11-7-3-4-8-12(11)17)20-15-10-6-5-9-13(15)18/h3-10,14,16H,2,19H2,1H3. The van der Waals surface area contributed by atoms with E-state index in [4.69, 9.17) is 10.5 Å². The van der Waals surface area contributed by atoms with Crippen molar-refractivity contribution in [2.75, 3.05) is 0 Å². The third-order valence-electron chi connectivity index (χ3n) is 3.16. The van der Waals surface area contributed by atoms with Gasteiger partial charge in [-0.15, -0.1) is 0 Å². The first-order chi connectivity index (χ1) is 9.63. The van der Waals surface area contributed by atoms with Crippen molar-refractivity contribution < 1.29 is 4.74 Å². The Kier molecular flexibility index (Phi) is 5.64. The van der Waals surface area contributed by atoms with Gasteiger partial charge in [0.1, 0.15) is 11.9 Å². The van der Waals surface area contributed by atoms with Crippen LogP contribution in [0.5, 0.6) is 5.75 Å². The summed E-state index contributed by atoms with van der Waals surface area (Å²) in [5, 5.41) is 0. The molecule has 2 N–H and O–H groups in total. The molecule has 0 radical (unpaired) electrons. The van der Waals surface area contributed by atoms with E-state index in [9.17, 15) is 0 Å². The van der Waals surface area contributed by atoms with Crippen molar-refractivity contribution in [3.05, 3.63) is 63.0 Å². The molecule has 4 heteroatoms. The Hall–Kier alpha value is -0.840. The molecular formula is C16H17Br2NO. The van der Waals surface area contributed by atoms with Crippen molar-refractivity contribution in [2.24, 2.45) is 5.73 Å². The van der Waals surface area contributed by atoms with Gasteiger partial charge in [0.25, 0.3) is 0 Å². The Labute approximate surface area is 136 Å². The summed E-state index contributed by atoms with van der Waals surface area (Å²) in [5.41, 5.74) is 7.32. The molecule has 0 heterocycles. The average Bonchev–Trinajstić information content (AvgIpc) is 2.47. The molecule has 0 spiro atoms. The number of hydrogen-bond acceptors (Lipinski definition) is 2. The predicted octanol–water partition coefficient (Wildman–Crippen LogP) is 5.07. The SMILES string of the molecule is CCC(N)C(Oc1ccccc1Br)c1ccccc1Br. The molecule has 0 aliphatic carbocycles. The fourth-order valence-corrected chi connectivity index (χ4v) is 2.87. The van der Waals surface area contributed by atoms with E-state index in [2.05, 4.69) is 38.8 Å². The van der Waals surface area contributed by atoms with E-state index >= 15 is 0 Å². The van der Waals surface area contributed by atoms with E-state index in [-0.39, 0.29) is 12.1 Å². The van der Waals surface area contributed by atoms with Crippen molar-refractivity contribution in [1.29, 1.82) is 0 Å². The minimum absolute atomic E-state index is 0.0687. The van der Waals surface area contributed by atoms with Gasteiger partial charge in [-0.2, -0.15) is 0 Å². The van der Waals surface area contributed by atoms with Gasteiger partial charge >= 0.3 is 0 Å². The summed E-state index contributed by atoms with van der Waals surface area (Å²) in [4.78, 5) is 0. The van der Waals surface area contributed by atoms with Gasteiger partial charge in [0.2, 0.25) is 0 Å². The number of hydrogen-bond donors (Lipinski definition) is 1. The van der Waals surface area contributed by atoms with Gasteiger partial charge in [0.15, 0.2) is 0 Å². The Morgan fingerprint density at radius 3 is 2.20 bits per heavy atom. The normalized spacial score (nSPS) is 13.8. The maximum absolute atomic E-state index is 6.25. The molecule has 2 unspecified atom stereocenters. The largest absolute Gasteiger partial charge is 0.483 e. The molecule has 2 rings (SSSR count). The lowest BCUT2D eigenvalue weighted by Crippen LogP contribution is -2.31. The Morgan fingerprint density at radius 2 is 1.60 bits per heavy atom. The zero-order valence-electron chi connectivity index (χ0n) is 11.2. The molecule has 2 nitrogen and oxygen atoms in total. The molecule has 2 aromatic carbocycles. The fraction of sp³-hybridized carbons (Fsp3) is 0.250. The van der Waals surface area contributed by atoms with Gasteiger partial charge in [0.05, 0.1) is 4.47 Å². The van der Waals surface area contributed by atoms with E-state index in [0.717, 1.165) is 26.7 Å². The van der Waals surface area contributed by atoms with Crippen LogP contribution in [0.3, 0.4) is 0 Å². The molecular weight excluding hydrogens is 382 g/mol. The summed E-state index contributed by atoms with van der Waals surface area (Å²) in [7, 11) is 0. The van der Waals surface area contributed by atoms with Crippen molar-refractivity contribution >= 4 is 31.9 Å². The van der Waals surface area contributed by atoms with E-state index in [1.807, 2.05) is 48.5 Å². The highest BCUT2D eigenvalue weighted by molar-refractivity contribution is 9.10. The molecule has 0 aromatic heterocycles. The number of para-hydroxylation sites is 1. The Bertz CT molecular complexity index is 574. The quantitative estimate of drug-likeness (QED) is 0.762. The predicted molar refractivity (Wildman–Crippen MR) is 89.9 cm³/mol. The lowest BCUT2D eigenvalue weighted by molar-refractivity contribution is 0.169. The molecule has 0 saturated carbocycles. The van der Waals surface area contributed by atoms with Gasteiger partial charge in [-0.25, -0.2) is 0 Å².